The molecule has 0 radical (unpaired) electrons. The van der Waals surface area contributed by atoms with Crippen molar-refractivity contribution in [1.82, 2.24) is 9.62 Å². The quantitative estimate of drug-likeness (QED) is 0.807. The van der Waals surface area contributed by atoms with Gasteiger partial charge in [0.25, 0.3) is 0 Å². The van der Waals surface area contributed by atoms with E-state index in [9.17, 15) is 8.42 Å². The van der Waals surface area contributed by atoms with Crippen LogP contribution < -0.4 is 5.32 Å². The fraction of sp³-hybridized carbons (Fsp3) is 0.692. The smallest absolute Gasteiger partial charge is 0.247 e. The van der Waals surface area contributed by atoms with Crippen LogP contribution in [0.2, 0.25) is 0 Å². The van der Waals surface area contributed by atoms with E-state index in [0.717, 1.165) is 19.4 Å². The van der Waals surface area contributed by atoms with E-state index in [-0.39, 0.29) is 15.6 Å². The molecule has 1 aliphatic carbocycles. The van der Waals surface area contributed by atoms with E-state index in [1.807, 2.05) is 13.8 Å². The highest BCUT2D eigenvalue weighted by atomic mass is 79.9. The summed E-state index contributed by atoms with van der Waals surface area (Å²) in [4.78, 5) is 0.209. The first kappa shape index (κ1) is 16.0. The molecule has 1 aliphatic rings. The SMILES string of the molecule is CCNCc1cc(S(=O)(=O)N(C)C(C)C2CC2)c(Br)o1. The first-order chi connectivity index (χ1) is 9.37. The molecule has 0 bridgehead atoms. The number of halogens is 1. The van der Waals surface area contributed by atoms with Crippen molar-refractivity contribution < 1.29 is 12.8 Å². The summed E-state index contributed by atoms with van der Waals surface area (Å²) < 4.78 is 32.4. The first-order valence-corrected chi connectivity index (χ1v) is 9.08. The maximum atomic E-state index is 12.6. The molecule has 1 aromatic heterocycles. The Morgan fingerprint density at radius 2 is 2.20 bits per heavy atom. The van der Waals surface area contributed by atoms with Crippen LogP contribution in [0, 0.1) is 5.92 Å². The van der Waals surface area contributed by atoms with Crippen LogP contribution in [0.15, 0.2) is 20.0 Å². The summed E-state index contributed by atoms with van der Waals surface area (Å²) in [5.74, 6) is 1.10. The van der Waals surface area contributed by atoms with Gasteiger partial charge in [-0.25, -0.2) is 8.42 Å². The zero-order valence-electron chi connectivity index (χ0n) is 12.0. The third-order valence-electron chi connectivity index (χ3n) is 3.79. The average Bonchev–Trinajstić information content (AvgIpc) is 3.18. The molecule has 1 atom stereocenters. The summed E-state index contributed by atoms with van der Waals surface area (Å²) in [6.45, 7) is 5.27. The first-order valence-electron chi connectivity index (χ1n) is 6.84. The van der Waals surface area contributed by atoms with Gasteiger partial charge in [-0.1, -0.05) is 6.92 Å². The normalized spacial score (nSPS) is 17.6. The number of nitrogens with zero attached hydrogens (tertiary/aromatic N) is 1. The van der Waals surface area contributed by atoms with Crippen molar-refractivity contribution in [2.24, 2.45) is 5.92 Å². The van der Waals surface area contributed by atoms with Gasteiger partial charge < -0.3 is 9.73 Å². The second kappa shape index (κ2) is 6.17. The van der Waals surface area contributed by atoms with Gasteiger partial charge in [0.2, 0.25) is 10.0 Å². The van der Waals surface area contributed by atoms with Crippen molar-refractivity contribution in [2.45, 2.75) is 44.2 Å². The highest BCUT2D eigenvalue weighted by Crippen LogP contribution is 2.37. The van der Waals surface area contributed by atoms with Gasteiger partial charge >= 0.3 is 0 Å². The molecule has 20 heavy (non-hydrogen) atoms. The van der Waals surface area contributed by atoms with Crippen molar-refractivity contribution in [3.63, 3.8) is 0 Å². The van der Waals surface area contributed by atoms with Gasteiger partial charge in [-0.15, -0.1) is 0 Å². The molecule has 1 aromatic rings. The minimum atomic E-state index is -3.51. The van der Waals surface area contributed by atoms with Crippen molar-refractivity contribution in [1.29, 1.82) is 0 Å². The number of hydrogen-bond donors (Lipinski definition) is 1. The Morgan fingerprint density at radius 3 is 2.75 bits per heavy atom. The van der Waals surface area contributed by atoms with Crippen LogP contribution in [0.1, 0.15) is 32.4 Å². The van der Waals surface area contributed by atoms with E-state index in [0.29, 0.717) is 18.2 Å². The van der Waals surface area contributed by atoms with E-state index >= 15 is 0 Å². The largest absolute Gasteiger partial charge is 0.452 e. The lowest BCUT2D eigenvalue weighted by molar-refractivity contribution is 0.356. The lowest BCUT2D eigenvalue weighted by Gasteiger charge is -2.23. The third kappa shape index (κ3) is 3.27. The molecule has 1 N–H and O–H groups in total. The number of hydrogen-bond acceptors (Lipinski definition) is 4. The van der Waals surface area contributed by atoms with Crippen LogP contribution in [0.25, 0.3) is 0 Å². The molecule has 1 fully saturated rings. The Balaban J connectivity index is 2.21. The summed E-state index contributed by atoms with van der Waals surface area (Å²) in [6.07, 6.45) is 2.22. The zero-order chi connectivity index (χ0) is 14.9. The van der Waals surface area contributed by atoms with Crippen molar-refractivity contribution >= 4 is 26.0 Å². The van der Waals surface area contributed by atoms with E-state index in [2.05, 4.69) is 21.2 Å². The second-order valence-electron chi connectivity index (χ2n) is 5.23. The summed E-state index contributed by atoms with van der Waals surface area (Å²) in [6, 6.07) is 1.62. The summed E-state index contributed by atoms with van der Waals surface area (Å²) in [5.41, 5.74) is 0. The van der Waals surface area contributed by atoms with Gasteiger partial charge in [-0.2, -0.15) is 4.31 Å². The van der Waals surface area contributed by atoms with Crippen LogP contribution in [-0.2, 0) is 16.6 Å². The fourth-order valence-electron chi connectivity index (χ4n) is 2.16. The predicted molar refractivity (Wildman–Crippen MR) is 80.9 cm³/mol. The van der Waals surface area contributed by atoms with Crippen LogP contribution in [0.4, 0.5) is 0 Å². The monoisotopic (exact) mass is 364 g/mol. The van der Waals surface area contributed by atoms with Gasteiger partial charge in [0.15, 0.2) is 4.67 Å². The zero-order valence-corrected chi connectivity index (χ0v) is 14.4. The lowest BCUT2D eigenvalue weighted by atomic mass is 10.2. The van der Waals surface area contributed by atoms with Crippen LogP contribution >= 0.6 is 15.9 Å². The van der Waals surface area contributed by atoms with Crippen LogP contribution in [-0.4, -0.2) is 32.4 Å². The molecule has 114 valence electrons. The minimum Gasteiger partial charge on any atom is -0.452 e. The van der Waals surface area contributed by atoms with Crippen molar-refractivity contribution in [3.8, 4) is 0 Å². The number of sulfonamides is 1. The van der Waals surface area contributed by atoms with Crippen molar-refractivity contribution in [2.75, 3.05) is 13.6 Å². The molecule has 0 saturated heterocycles. The summed E-state index contributed by atoms with van der Waals surface area (Å²) in [7, 11) is -1.87. The topological polar surface area (TPSA) is 62.6 Å². The van der Waals surface area contributed by atoms with Gasteiger partial charge in [-0.05, 0) is 48.2 Å². The Labute approximate surface area is 128 Å². The molecule has 0 spiro atoms. The Kier molecular flexibility index (Phi) is 4.94. The Bertz CT molecular complexity index is 566. The lowest BCUT2D eigenvalue weighted by Crippen LogP contribution is -2.36. The number of furan rings is 1. The van der Waals surface area contributed by atoms with Crippen LogP contribution in [0.5, 0.6) is 0 Å². The summed E-state index contributed by atoms with van der Waals surface area (Å²) >= 11 is 3.21. The maximum Gasteiger partial charge on any atom is 0.247 e. The third-order valence-corrected chi connectivity index (χ3v) is 6.59. The number of rotatable bonds is 7. The molecule has 2 rings (SSSR count). The minimum absolute atomic E-state index is 0.0269. The Hall–Kier alpha value is -0.370. The molecular formula is C13H21BrN2O3S. The molecular weight excluding hydrogens is 344 g/mol. The fourth-order valence-corrected chi connectivity index (χ4v) is 4.54. The molecule has 7 heteroatoms. The van der Waals surface area contributed by atoms with Crippen LogP contribution in [0.3, 0.4) is 0 Å². The van der Waals surface area contributed by atoms with E-state index in [4.69, 9.17) is 4.42 Å². The van der Waals surface area contributed by atoms with E-state index in [1.54, 1.807) is 13.1 Å². The molecule has 5 nitrogen and oxygen atoms in total. The Morgan fingerprint density at radius 1 is 1.55 bits per heavy atom. The molecule has 1 heterocycles. The number of nitrogens with one attached hydrogen (secondary N) is 1. The molecule has 1 saturated carbocycles. The maximum absolute atomic E-state index is 12.6. The summed E-state index contributed by atoms with van der Waals surface area (Å²) in [5, 5.41) is 3.11. The molecule has 0 aromatic carbocycles. The van der Waals surface area contributed by atoms with Gasteiger partial charge in [0, 0.05) is 19.2 Å². The van der Waals surface area contributed by atoms with Gasteiger partial charge in [-0.3, -0.25) is 0 Å². The molecule has 0 aliphatic heterocycles. The van der Waals surface area contributed by atoms with E-state index in [1.165, 1.54) is 4.31 Å². The predicted octanol–water partition coefficient (Wildman–Crippen LogP) is 2.57. The average molecular weight is 365 g/mol. The molecule has 1 unspecified atom stereocenters. The van der Waals surface area contributed by atoms with Gasteiger partial charge in [0.05, 0.1) is 6.54 Å². The highest BCUT2D eigenvalue weighted by Gasteiger charge is 2.37. The second-order valence-corrected chi connectivity index (χ2v) is 7.92. The van der Waals surface area contributed by atoms with Crippen molar-refractivity contribution in [3.05, 3.63) is 16.5 Å². The van der Waals surface area contributed by atoms with Gasteiger partial charge in [0.1, 0.15) is 10.7 Å². The van der Waals surface area contributed by atoms with E-state index < -0.39 is 10.0 Å². The molecule has 0 amide bonds. The standard InChI is InChI=1S/C13H21BrN2O3S/c1-4-15-8-11-7-12(13(14)19-11)20(17,18)16(3)9(2)10-5-6-10/h7,9-10,15H,4-6,8H2,1-3H3. The highest BCUT2D eigenvalue weighted by molar-refractivity contribution is 9.10.